The van der Waals surface area contributed by atoms with Crippen molar-refractivity contribution in [1.29, 1.82) is 0 Å². The summed E-state index contributed by atoms with van der Waals surface area (Å²) >= 11 is 5.19. The third-order valence-electron chi connectivity index (χ3n) is 0.189. The molecule has 0 atom stereocenters. The second kappa shape index (κ2) is 8.82. The van der Waals surface area contributed by atoms with Crippen LogP contribution in [0.3, 0.4) is 0 Å². The van der Waals surface area contributed by atoms with Crippen molar-refractivity contribution in [1.82, 2.24) is 0 Å². The van der Waals surface area contributed by atoms with Gasteiger partial charge in [-0.3, -0.25) is 0 Å². The Labute approximate surface area is 45.0 Å². The average molecular weight is 113 g/mol. The van der Waals surface area contributed by atoms with Gasteiger partial charge in [-0.15, -0.1) is 11.6 Å². The minimum absolute atomic E-state index is 0. The number of rotatable bonds is 1. The number of alkyl halides is 1. The van der Waals surface area contributed by atoms with Gasteiger partial charge in [0.15, 0.2) is 0 Å². The van der Waals surface area contributed by atoms with Gasteiger partial charge in [0.25, 0.3) is 0 Å². The van der Waals surface area contributed by atoms with E-state index in [-0.39, 0.29) is 13.5 Å². The molecule has 0 fully saturated rings. The fourth-order valence-corrected chi connectivity index (χ4v) is 0. The first-order chi connectivity index (χ1) is 1.91. The summed E-state index contributed by atoms with van der Waals surface area (Å²) in [6.45, 7) is 2.05. The Hall–Kier alpha value is 0.640. The molecule has 0 aromatic heterocycles. The van der Waals surface area contributed by atoms with Crippen molar-refractivity contribution >= 4 is 25.1 Å². The van der Waals surface area contributed by atoms with Gasteiger partial charge in [-0.2, -0.15) is 13.5 Å². The van der Waals surface area contributed by atoms with Crippen LogP contribution in [0.25, 0.3) is 0 Å². The lowest BCUT2D eigenvalue weighted by Gasteiger charge is -1.65. The van der Waals surface area contributed by atoms with Crippen LogP contribution in [-0.2, 0) is 0 Å². The van der Waals surface area contributed by atoms with E-state index in [4.69, 9.17) is 11.6 Å². The fourth-order valence-electron chi connectivity index (χ4n) is 0. The summed E-state index contributed by atoms with van der Waals surface area (Å²) in [7, 11) is 0. The lowest BCUT2D eigenvalue weighted by molar-refractivity contribution is 1.10. The molecule has 0 rings (SSSR count). The zero-order chi connectivity index (χ0) is 3.41. The van der Waals surface area contributed by atoms with Crippen LogP contribution in [0, 0.1) is 0 Å². The summed E-state index contributed by atoms with van der Waals surface area (Å²) in [4.78, 5) is 0. The molecule has 0 aliphatic heterocycles. The van der Waals surface area contributed by atoms with Crippen LogP contribution in [0.5, 0.6) is 0 Å². The Kier molecular flexibility index (Phi) is 16.2. The van der Waals surface area contributed by atoms with Gasteiger partial charge in [-0.05, 0) is 6.42 Å². The topological polar surface area (TPSA) is 0 Å². The monoisotopic (exact) mass is 112 g/mol. The molecule has 0 saturated heterocycles. The van der Waals surface area contributed by atoms with E-state index in [9.17, 15) is 0 Å². The van der Waals surface area contributed by atoms with Crippen molar-refractivity contribution in [2.75, 3.05) is 5.88 Å². The van der Waals surface area contributed by atoms with Crippen LogP contribution in [0.4, 0.5) is 0 Å². The van der Waals surface area contributed by atoms with E-state index in [0.717, 1.165) is 12.3 Å². The van der Waals surface area contributed by atoms with Crippen LogP contribution in [0.1, 0.15) is 13.3 Å². The highest BCUT2D eigenvalue weighted by atomic mass is 35.5. The fraction of sp³-hybridized carbons (Fsp3) is 1.00. The van der Waals surface area contributed by atoms with E-state index >= 15 is 0 Å². The Bertz CT molecular complexity index is 8.85. The predicted molar refractivity (Wildman–Crippen MR) is 31.4 cm³/mol. The third-order valence-corrected chi connectivity index (χ3v) is 0.567. The molecule has 34 valence electrons. The van der Waals surface area contributed by atoms with Crippen LogP contribution in [0.2, 0.25) is 0 Å². The average Bonchev–Trinajstić information content (AvgIpc) is 1.37. The molecular weight excluding hydrogens is 104 g/mol. The van der Waals surface area contributed by atoms with E-state index in [2.05, 4.69) is 0 Å². The number of halogens is 1. The smallest absolute Gasteiger partial charge is 0.0220 e. The van der Waals surface area contributed by atoms with Gasteiger partial charge in [-0.1, -0.05) is 6.92 Å². The van der Waals surface area contributed by atoms with Crippen LogP contribution >= 0.6 is 25.1 Å². The van der Waals surface area contributed by atoms with E-state index in [1.165, 1.54) is 0 Å². The molecule has 0 spiro atoms. The minimum atomic E-state index is 0. The van der Waals surface area contributed by atoms with Gasteiger partial charge in [-0.25, -0.2) is 0 Å². The second-order valence-electron chi connectivity index (χ2n) is 0.689. The molecule has 0 N–H and O–H groups in total. The zero-order valence-electron chi connectivity index (χ0n) is 3.29. The van der Waals surface area contributed by atoms with Crippen molar-refractivity contribution in [2.24, 2.45) is 0 Å². The first-order valence-corrected chi connectivity index (χ1v) is 2.01. The molecule has 0 aromatic carbocycles. The molecule has 0 heterocycles. The Morgan fingerprint density at radius 3 is 1.80 bits per heavy atom. The maximum absolute atomic E-state index is 5.19. The Balaban J connectivity index is 0. The Morgan fingerprint density at radius 1 is 1.60 bits per heavy atom. The number of hydrogen-bond donors (Lipinski definition) is 0. The predicted octanol–water partition coefficient (Wildman–Crippen LogP) is 1.75. The first kappa shape index (κ1) is 9.16. The van der Waals surface area contributed by atoms with Crippen molar-refractivity contribution < 1.29 is 0 Å². The Morgan fingerprint density at radius 2 is 1.80 bits per heavy atom. The highest BCUT2D eigenvalue weighted by Crippen LogP contribution is 1.75. The lowest BCUT2D eigenvalue weighted by Crippen LogP contribution is -1.55. The summed E-state index contributed by atoms with van der Waals surface area (Å²) in [6, 6.07) is 0. The maximum Gasteiger partial charge on any atom is 0.0220 e. The van der Waals surface area contributed by atoms with Crippen molar-refractivity contribution in [3.05, 3.63) is 0 Å². The summed E-state index contributed by atoms with van der Waals surface area (Å²) < 4.78 is 0. The molecule has 5 heavy (non-hydrogen) atoms. The van der Waals surface area contributed by atoms with Crippen LogP contribution < -0.4 is 0 Å². The van der Waals surface area contributed by atoms with Crippen molar-refractivity contribution in [3.8, 4) is 0 Å². The van der Waals surface area contributed by atoms with E-state index in [0.29, 0.717) is 0 Å². The van der Waals surface area contributed by atoms with Crippen LogP contribution in [0.15, 0.2) is 0 Å². The van der Waals surface area contributed by atoms with Gasteiger partial charge < -0.3 is 0 Å². The van der Waals surface area contributed by atoms with E-state index in [1.54, 1.807) is 0 Å². The van der Waals surface area contributed by atoms with Gasteiger partial charge in [0.1, 0.15) is 0 Å². The molecule has 0 radical (unpaired) electrons. The molecule has 2 heteroatoms. The zero-order valence-corrected chi connectivity index (χ0v) is 5.05. The van der Waals surface area contributed by atoms with Crippen molar-refractivity contribution in [2.45, 2.75) is 13.3 Å². The first-order valence-electron chi connectivity index (χ1n) is 1.47. The molecule has 0 aromatic rings. The SMILES string of the molecule is CCCCl.S. The summed E-state index contributed by atoms with van der Waals surface area (Å²) in [5, 5.41) is 0. The standard InChI is InChI=1S/C3H7Cl.H2S/c1-2-3-4;/h2-3H2,1H3;1H2. The van der Waals surface area contributed by atoms with Gasteiger partial charge in [0, 0.05) is 5.88 Å². The van der Waals surface area contributed by atoms with Gasteiger partial charge in [0.05, 0.1) is 0 Å². The molecule has 0 saturated carbocycles. The highest BCUT2D eigenvalue weighted by molar-refractivity contribution is 7.59. The van der Waals surface area contributed by atoms with E-state index < -0.39 is 0 Å². The minimum Gasteiger partial charge on any atom is -0.197 e. The molecule has 0 bridgehead atoms. The molecular formula is C3H9ClS. The van der Waals surface area contributed by atoms with Gasteiger partial charge in [0.2, 0.25) is 0 Å². The van der Waals surface area contributed by atoms with Gasteiger partial charge >= 0.3 is 0 Å². The summed E-state index contributed by atoms with van der Waals surface area (Å²) in [5.41, 5.74) is 0. The van der Waals surface area contributed by atoms with Crippen LogP contribution in [-0.4, -0.2) is 5.88 Å². The van der Waals surface area contributed by atoms with E-state index in [1.807, 2.05) is 6.92 Å². The molecule has 0 aliphatic carbocycles. The normalized spacial score (nSPS) is 6.00. The highest BCUT2D eigenvalue weighted by Gasteiger charge is 1.59. The second-order valence-corrected chi connectivity index (χ2v) is 1.07. The quantitative estimate of drug-likeness (QED) is 0.454. The molecule has 0 amide bonds. The molecule has 0 nitrogen and oxygen atoms in total. The maximum atomic E-state index is 5.19. The third kappa shape index (κ3) is 12.0. The van der Waals surface area contributed by atoms with Crippen molar-refractivity contribution in [3.63, 3.8) is 0 Å². The molecule has 0 unspecified atom stereocenters. The largest absolute Gasteiger partial charge is 0.197 e. The molecule has 0 aliphatic rings. The summed E-state index contributed by atoms with van der Waals surface area (Å²) in [6.07, 6.45) is 1.08. The lowest BCUT2D eigenvalue weighted by atomic mass is 10.6. The number of hydrogen-bond acceptors (Lipinski definition) is 0. The summed E-state index contributed by atoms with van der Waals surface area (Å²) in [5.74, 6) is 0.792.